The number of carbonyl (C=O) groups is 1. The number of hydrogen-bond acceptors (Lipinski definition) is 5. The van der Waals surface area contributed by atoms with Gasteiger partial charge in [0.25, 0.3) is 0 Å². The van der Waals surface area contributed by atoms with E-state index in [1.54, 1.807) is 0 Å². The molecule has 0 aliphatic rings. The molecule has 0 atom stereocenters. The topological polar surface area (TPSA) is 56.0 Å². The fourth-order valence-corrected chi connectivity index (χ4v) is 3.88. The van der Waals surface area contributed by atoms with E-state index in [2.05, 4.69) is 16.9 Å². The lowest BCUT2D eigenvalue weighted by molar-refractivity contribution is 0.102. The Morgan fingerprint density at radius 2 is 1.78 bits per heavy atom. The van der Waals surface area contributed by atoms with Gasteiger partial charge in [-0.3, -0.25) is 4.79 Å². The van der Waals surface area contributed by atoms with Crippen LogP contribution in [0.5, 0.6) is 0 Å². The molecule has 4 nitrogen and oxygen atoms in total. The highest BCUT2D eigenvalue weighted by molar-refractivity contribution is 8.00. The molecule has 136 valence electrons. The molecule has 4 rings (SSSR count). The van der Waals surface area contributed by atoms with Crippen LogP contribution in [0.25, 0.3) is 22.1 Å². The van der Waals surface area contributed by atoms with E-state index in [4.69, 9.17) is 4.42 Å². The molecular formula is C22H20N2O2S. The zero-order valence-corrected chi connectivity index (χ0v) is 16.2. The molecule has 0 radical (unpaired) electrons. The molecule has 2 heterocycles. The van der Waals surface area contributed by atoms with Crippen molar-refractivity contribution in [3.63, 3.8) is 0 Å². The van der Waals surface area contributed by atoms with Crippen LogP contribution in [0.3, 0.4) is 0 Å². The van der Waals surface area contributed by atoms with Crippen LogP contribution >= 0.6 is 11.8 Å². The van der Waals surface area contributed by atoms with Crippen LogP contribution < -0.4 is 0 Å². The van der Waals surface area contributed by atoms with E-state index in [1.165, 1.54) is 17.3 Å². The molecule has 0 aliphatic carbocycles. The molecule has 0 amide bonds. The van der Waals surface area contributed by atoms with Crippen molar-refractivity contribution >= 4 is 39.6 Å². The molecule has 0 N–H and O–H groups in total. The van der Waals surface area contributed by atoms with Gasteiger partial charge in [-0.1, -0.05) is 62.0 Å². The van der Waals surface area contributed by atoms with Crippen LogP contribution in [0.1, 0.15) is 35.6 Å². The molecular weight excluding hydrogens is 356 g/mol. The van der Waals surface area contributed by atoms with Crippen molar-refractivity contribution in [3.05, 3.63) is 65.5 Å². The number of aromatic nitrogens is 2. The predicted octanol–water partition coefficient (Wildman–Crippen LogP) is 5.48. The van der Waals surface area contributed by atoms with Crippen molar-refractivity contribution in [2.45, 2.75) is 31.7 Å². The maximum Gasteiger partial charge on any atom is 0.186 e. The molecule has 0 aliphatic heterocycles. The van der Waals surface area contributed by atoms with E-state index >= 15 is 0 Å². The monoisotopic (exact) mass is 376 g/mol. The smallest absolute Gasteiger partial charge is 0.186 e. The van der Waals surface area contributed by atoms with E-state index in [9.17, 15) is 4.79 Å². The molecule has 0 saturated carbocycles. The second-order valence-electron chi connectivity index (χ2n) is 6.34. The number of benzene rings is 2. The molecule has 0 spiro atoms. The molecule has 0 unspecified atom stereocenters. The fraction of sp³-hybridized carbons (Fsp3) is 0.227. The molecule has 0 bridgehead atoms. The van der Waals surface area contributed by atoms with Crippen molar-refractivity contribution in [2.24, 2.45) is 0 Å². The standard InChI is InChI=1S/C22H20N2O2S/c1-3-14-9-11-15(12-10-14)17(25)13-27-22-21-20(23-19(4-2)24-22)16-7-5-6-8-18(16)26-21/h5-12H,3-4,13H2,1-2H3. The van der Waals surface area contributed by atoms with E-state index in [0.29, 0.717) is 11.3 Å². The summed E-state index contributed by atoms with van der Waals surface area (Å²) in [6.45, 7) is 4.13. The summed E-state index contributed by atoms with van der Waals surface area (Å²) in [5.74, 6) is 1.16. The van der Waals surface area contributed by atoms with Gasteiger partial charge in [0.05, 0.1) is 5.75 Å². The number of para-hydroxylation sites is 1. The van der Waals surface area contributed by atoms with Gasteiger partial charge in [0.2, 0.25) is 0 Å². The number of hydrogen-bond donors (Lipinski definition) is 0. The summed E-state index contributed by atoms with van der Waals surface area (Å²) in [4.78, 5) is 21.8. The quantitative estimate of drug-likeness (QED) is 0.253. The van der Waals surface area contributed by atoms with E-state index in [1.807, 2.05) is 55.5 Å². The van der Waals surface area contributed by atoms with Crippen LogP contribution in [0.15, 0.2) is 58.0 Å². The fourth-order valence-electron chi connectivity index (χ4n) is 3.01. The summed E-state index contributed by atoms with van der Waals surface area (Å²) in [5, 5.41) is 1.71. The van der Waals surface area contributed by atoms with Crippen molar-refractivity contribution in [1.82, 2.24) is 9.97 Å². The van der Waals surface area contributed by atoms with Crippen molar-refractivity contribution in [3.8, 4) is 0 Å². The molecule has 2 aromatic heterocycles. The summed E-state index contributed by atoms with van der Waals surface area (Å²) >= 11 is 1.41. The highest BCUT2D eigenvalue weighted by Crippen LogP contribution is 2.33. The van der Waals surface area contributed by atoms with Crippen molar-refractivity contribution in [2.75, 3.05) is 5.75 Å². The zero-order valence-electron chi connectivity index (χ0n) is 15.4. The first kappa shape index (κ1) is 17.7. The molecule has 0 saturated heterocycles. The largest absolute Gasteiger partial charge is 0.451 e. The van der Waals surface area contributed by atoms with Crippen LogP contribution in [0, 0.1) is 0 Å². The van der Waals surface area contributed by atoms with Gasteiger partial charge >= 0.3 is 0 Å². The van der Waals surface area contributed by atoms with Crippen molar-refractivity contribution in [1.29, 1.82) is 0 Å². The summed E-state index contributed by atoms with van der Waals surface area (Å²) in [6, 6.07) is 15.7. The Hall–Kier alpha value is -2.66. The molecule has 0 fully saturated rings. The maximum absolute atomic E-state index is 12.6. The number of carbonyl (C=O) groups excluding carboxylic acids is 1. The average molecular weight is 376 g/mol. The van der Waals surface area contributed by atoms with Gasteiger partial charge in [0, 0.05) is 17.4 Å². The summed E-state index contributed by atoms with van der Waals surface area (Å²) in [5.41, 5.74) is 4.22. The Bertz CT molecular complexity index is 1120. The van der Waals surface area contributed by atoms with Crippen LogP contribution in [-0.2, 0) is 12.8 Å². The number of ketones is 1. The van der Waals surface area contributed by atoms with Gasteiger partial charge in [-0.05, 0) is 24.1 Å². The van der Waals surface area contributed by atoms with E-state index < -0.39 is 0 Å². The number of thioether (sulfide) groups is 1. The third-order valence-electron chi connectivity index (χ3n) is 4.58. The minimum atomic E-state index is 0.0866. The highest BCUT2D eigenvalue weighted by atomic mass is 32.2. The number of fused-ring (bicyclic) bond motifs is 3. The summed E-state index contributed by atoms with van der Waals surface area (Å²) in [7, 11) is 0. The van der Waals surface area contributed by atoms with Gasteiger partial charge in [-0.2, -0.15) is 0 Å². The van der Waals surface area contributed by atoms with Crippen LogP contribution in [0.2, 0.25) is 0 Å². The molecule has 5 heteroatoms. The Labute approximate surface area is 162 Å². The molecule has 2 aromatic carbocycles. The van der Waals surface area contributed by atoms with Gasteiger partial charge in [0.1, 0.15) is 22.0 Å². The number of nitrogens with zero attached hydrogens (tertiary/aromatic N) is 2. The predicted molar refractivity (Wildman–Crippen MR) is 110 cm³/mol. The Balaban J connectivity index is 1.65. The lowest BCUT2D eigenvalue weighted by Crippen LogP contribution is -2.03. The first-order chi connectivity index (χ1) is 13.2. The minimum absolute atomic E-state index is 0.0866. The molecule has 4 aromatic rings. The Morgan fingerprint density at radius 3 is 2.52 bits per heavy atom. The summed E-state index contributed by atoms with van der Waals surface area (Å²) in [6.07, 6.45) is 1.70. The second kappa shape index (κ2) is 7.53. The number of rotatable bonds is 6. The second-order valence-corrected chi connectivity index (χ2v) is 7.30. The van der Waals surface area contributed by atoms with Gasteiger partial charge in [0.15, 0.2) is 11.4 Å². The number of furan rings is 1. The number of Topliss-reactive ketones (excluding diaryl/α,β-unsaturated/α-hetero) is 1. The third-order valence-corrected chi connectivity index (χ3v) is 5.53. The lowest BCUT2D eigenvalue weighted by atomic mass is 10.1. The number of aryl methyl sites for hydroxylation is 2. The van der Waals surface area contributed by atoms with E-state index in [0.717, 1.165) is 45.7 Å². The third kappa shape index (κ3) is 3.47. The van der Waals surface area contributed by atoms with Crippen molar-refractivity contribution < 1.29 is 9.21 Å². The average Bonchev–Trinajstić information content (AvgIpc) is 3.10. The highest BCUT2D eigenvalue weighted by Gasteiger charge is 2.17. The van der Waals surface area contributed by atoms with Gasteiger partial charge in [-0.15, -0.1) is 0 Å². The van der Waals surface area contributed by atoms with Crippen LogP contribution in [0.4, 0.5) is 0 Å². The zero-order chi connectivity index (χ0) is 18.8. The summed E-state index contributed by atoms with van der Waals surface area (Å²) < 4.78 is 5.99. The first-order valence-corrected chi connectivity index (χ1v) is 10.1. The Morgan fingerprint density at radius 1 is 1.00 bits per heavy atom. The SMILES string of the molecule is CCc1ccc(C(=O)CSc2nc(CC)nc3c2oc2ccccc23)cc1. The van der Waals surface area contributed by atoms with Crippen LogP contribution in [-0.4, -0.2) is 21.5 Å². The maximum atomic E-state index is 12.6. The Kier molecular flexibility index (Phi) is 4.94. The van der Waals surface area contributed by atoms with E-state index in [-0.39, 0.29) is 5.78 Å². The minimum Gasteiger partial charge on any atom is -0.451 e. The lowest BCUT2D eigenvalue weighted by Gasteiger charge is -2.05. The normalized spacial score (nSPS) is 11.3. The van der Waals surface area contributed by atoms with Gasteiger partial charge < -0.3 is 4.42 Å². The van der Waals surface area contributed by atoms with Gasteiger partial charge in [-0.25, -0.2) is 9.97 Å². The first-order valence-electron chi connectivity index (χ1n) is 9.12. The molecule has 27 heavy (non-hydrogen) atoms.